The summed E-state index contributed by atoms with van der Waals surface area (Å²) in [5.74, 6) is 0.344. The molecule has 2 aromatic carbocycles. The zero-order valence-corrected chi connectivity index (χ0v) is 11.5. The zero-order chi connectivity index (χ0) is 13.8. The van der Waals surface area contributed by atoms with Gasteiger partial charge in [-0.2, -0.15) is 0 Å². The van der Waals surface area contributed by atoms with Gasteiger partial charge in [0.1, 0.15) is 5.75 Å². The molecule has 0 saturated carbocycles. The molecule has 4 heteroatoms. The third-order valence-corrected chi connectivity index (χ3v) is 3.21. The Bertz CT molecular complexity index is 574. The molecule has 0 aliphatic rings. The normalized spacial score (nSPS) is 12.0. The van der Waals surface area contributed by atoms with Crippen molar-refractivity contribution < 1.29 is 9.13 Å². The van der Waals surface area contributed by atoms with Gasteiger partial charge in [-0.1, -0.05) is 29.8 Å². The molecule has 0 fully saturated rings. The monoisotopic (exact) mass is 279 g/mol. The van der Waals surface area contributed by atoms with E-state index in [2.05, 4.69) is 5.32 Å². The minimum atomic E-state index is -0.432. The van der Waals surface area contributed by atoms with Gasteiger partial charge in [0, 0.05) is 6.04 Å². The molecule has 2 aromatic rings. The van der Waals surface area contributed by atoms with Crippen LogP contribution in [-0.2, 0) is 0 Å². The van der Waals surface area contributed by atoms with Crippen molar-refractivity contribution in [3.05, 3.63) is 58.9 Å². The Kier molecular flexibility index (Phi) is 4.27. The minimum Gasteiger partial charge on any atom is -0.497 e. The first kappa shape index (κ1) is 13.7. The molecule has 0 aliphatic heterocycles. The summed E-state index contributed by atoms with van der Waals surface area (Å²) in [4.78, 5) is 0. The van der Waals surface area contributed by atoms with E-state index in [-0.39, 0.29) is 11.1 Å². The Balaban J connectivity index is 2.20. The maximum absolute atomic E-state index is 13.8. The largest absolute Gasteiger partial charge is 0.497 e. The van der Waals surface area contributed by atoms with E-state index >= 15 is 0 Å². The Hall–Kier alpha value is -1.74. The minimum absolute atomic E-state index is 0.0527. The summed E-state index contributed by atoms with van der Waals surface area (Å²) in [5, 5.41) is 3.22. The Labute approximate surface area is 117 Å². The van der Waals surface area contributed by atoms with Crippen LogP contribution in [0.3, 0.4) is 0 Å². The standard InChI is InChI=1S/C15H15ClFNO/c1-10(11-5-3-6-12(9-11)19-2)18-14-8-4-7-13(16)15(14)17/h3-10,18H,1-2H3. The smallest absolute Gasteiger partial charge is 0.164 e. The van der Waals surface area contributed by atoms with E-state index in [1.807, 2.05) is 31.2 Å². The van der Waals surface area contributed by atoms with E-state index in [4.69, 9.17) is 16.3 Å². The summed E-state index contributed by atoms with van der Waals surface area (Å²) >= 11 is 5.76. The molecule has 0 spiro atoms. The molecule has 0 aliphatic carbocycles. The van der Waals surface area contributed by atoms with Crippen LogP contribution in [0.15, 0.2) is 42.5 Å². The molecular weight excluding hydrogens is 265 g/mol. The van der Waals surface area contributed by atoms with Crippen molar-refractivity contribution >= 4 is 17.3 Å². The maximum Gasteiger partial charge on any atom is 0.164 e. The first-order chi connectivity index (χ1) is 9.11. The fourth-order valence-electron chi connectivity index (χ4n) is 1.84. The highest BCUT2D eigenvalue weighted by molar-refractivity contribution is 6.31. The molecule has 0 saturated heterocycles. The van der Waals surface area contributed by atoms with Crippen LogP contribution in [0, 0.1) is 5.82 Å². The van der Waals surface area contributed by atoms with Crippen molar-refractivity contribution in [1.82, 2.24) is 0 Å². The van der Waals surface area contributed by atoms with Crippen LogP contribution >= 0.6 is 11.6 Å². The quantitative estimate of drug-likeness (QED) is 0.879. The van der Waals surface area contributed by atoms with E-state index < -0.39 is 5.82 Å². The van der Waals surface area contributed by atoms with Crippen molar-refractivity contribution in [1.29, 1.82) is 0 Å². The highest BCUT2D eigenvalue weighted by atomic mass is 35.5. The van der Waals surface area contributed by atoms with Crippen LogP contribution in [0.4, 0.5) is 10.1 Å². The van der Waals surface area contributed by atoms with Gasteiger partial charge in [0.15, 0.2) is 5.82 Å². The van der Waals surface area contributed by atoms with E-state index in [9.17, 15) is 4.39 Å². The van der Waals surface area contributed by atoms with Gasteiger partial charge in [0.2, 0.25) is 0 Å². The van der Waals surface area contributed by atoms with Gasteiger partial charge in [0.05, 0.1) is 17.8 Å². The van der Waals surface area contributed by atoms with Crippen molar-refractivity contribution in [3.63, 3.8) is 0 Å². The molecular formula is C15H15ClFNO. The molecule has 100 valence electrons. The summed E-state index contributed by atoms with van der Waals surface area (Å²) in [6.07, 6.45) is 0. The molecule has 1 atom stereocenters. The zero-order valence-electron chi connectivity index (χ0n) is 10.8. The van der Waals surface area contributed by atoms with Gasteiger partial charge < -0.3 is 10.1 Å². The lowest BCUT2D eigenvalue weighted by Gasteiger charge is -2.17. The topological polar surface area (TPSA) is 21.3 Å². The van der Waals surface area contributed by atoms with E-state index in [1.54, 1.807) is 19.2 Å². The number of methoxy groups -OCH3 is 1. The van der Waals surface area contributed by atoms with Crippen LogP contribution in [0.1, 0.15) is 18.5 Å². The van der Waals surface area contributed by atoms with Gasteiger partial charge >= 0.3 is 0 Å². The molecule has 0 amide bonds. The summed E-state index contributed by atoms with van der Waals surface area (Å²) in [7, 11) is 1.62. The molecule has 0 bridgehead atoms. The summed E-state index contributed by atoms with van der Waals surface area (Å²) < 4.78 is 19.0. The van der Waals surface area contributed by atoms with Gasteiger partial charge in [-0.15, -0.1) is 0 Å². The number of hydrogen-bond donors (Lipinski definition) is 1. The van der Waals surface area contributed by atoms with Crippen molar-refractivity contribution in [3.8, 4) is 5.75 Å². The molecule has 2 rings (SSSR count). The van der Waals surface area contributed by atoms with Crippen LogP contribution in [0.2, 0.25) is 5.02 Å². The molecule has 0 aromatic heterocycles. The lowest BCUT2D eigenvalue weighted by molar-refractivity contribution is 0.414. The SMILES string of the molecule is COc1cccc(C(C)Nc2cccc(Cl)c2F)c1. The number of ether oxygens (including phenoxy) is 1. The predicted octanol–water partition coefficient (Wildman–Crippen LogP) is 4.66. The molecule has 0 heterocycles. The first-order valence-electron chi connectivity index (χ1n) is 5.96. The second kappa shape index (κ2) is 5.93. The van der Waals surface area contributed by atoms with Gasteiger partial charge in [0.25, 0.3) is 0 Å². The van der Waals surface area contributed by atoms with Crippen molar-refractivity contribution in [2.75, 3.05) is 12.4 Å². The third-order valence-electron chi connectivity index (χ3n) is 2.92. The number of anilines is 1. The molecule has 0 radical (unpaired) electrons. The number of halogens is 2. The average Bonchev–Trinajstić information content (AvgIpc) is 2.44. The first-order valence-corrected chi connectivity index (χ1v) is 6.34. The predicted molar refractivity (Wildman–Crippen MR) is 76.4 cm³/mol. The fourth-order valence-corrected chi connectivity index (χ4v) is 2.02. The lowest BCUT2D eigenvalue weighted by Crippen LogP contribution is -2.08. The van der Waals surface area contributed by atoms with Crippen molar-refractivity contribution in [2.24, 2.45) is 0 Å². The lowest BCUT2D eigenvalue weighted by atomic mass is 10.1. The van der Waals surface area contributed by atoms with Gasteiger partial charge in [-0.3, -0.25) is 0 Å². The van der Waals surface area contributed by atoms with Gasteiger partial charge in [-0.25, -0.2) is 4.39 Å². The van der Waals surface area contributed by atoms with Crippen LogP contribution in [-0.4, -0.2) is 7.11 Å². The van der Waals surface area contributed by atoms with Crippen LogP contribution in [0.25, 0.3) is 0 Å². The summed E-state index contributed by atoms with van der Waals surface area (Å²) in [6, 6.07) is 12.5. The number of benzene rings is 2. The Morgan fingerprint density at radius 1 is 1.21 bits per heavy atom. The third kappa shape index (κ3) is 3.18. The fraction of sp³-hybridized carbons (Fsp3) is 0.200. The highest BCUT2D eigenvalue weighted by Gasteiger charge is 2.11. The molecule has 19 heavy (non-hydrogen) atoms. The average molecular weight is 280 g/mol. The van der Waals surface area contributed by atoms with E-state index in [0.717, 1.165) is 11.3 Å². The Morgan fingerprint density at radius 3 is 2.68 bits per heavy atom. The highest BCUT2D eigenvalue weighted by Crippen LogP contribution is 2.27. The van der Waals surface area contributed by atoms with Crippen LogP contribution in [0.5, 0.6) is 5.75 Å². The number of rotatable bonds is 4. The van der Waals surface area contributed by atoms with E-state index in [0.29, 0.717) is 5.69 Å². The van der Waals surface area contributed by atoms with Gasteiger partial charge in [-0.05, 0) is 36.8 Å². The second-order valence-electron chi connectivity index (χ2n) is 4.24. The number of nitrogens with one attached hydrogen (secondary N) is 1. The van der Waals surface area contributed by atoms with Crippen LogP contribution < -0.4 is 10.1 Å². The molecule has 1 N–H and O–H groups in total. The second-order valence-corrected chi connectivity index (χ2v) is 4.65. The maximum atomic E-state index is 13.8. The van der Waals surface area contributed by atoms with E-state index in [1.165, 1.54) is 6.07 Å². The molecule has 2 nitrogen and oxygen atoms in total. The summed E-state index contributed by atoms with van der Waals surface area (Å²) in [5.41, 5.74) is 1.40. The molecule has 1 unspecified atom stereocenters. The van der Waals surface area contributed by atoms with Crippen molar-refractivity contribution in [2.45, 2.75) is 13.0 Å². The summed E-state index contributed by atoms with van der Waals surface area (Å²) in [6.45, 7) is 1.95. The number of hydrogen-bond acceptors (Lipinski definition) is 2. The Morgan fingerprint density at radius 2 is 1.95 bits per heavy atom.